The first kappa shape index (κ1) is 12.1. The molecule has 0 fully saturated rings. The van der Waals surface area contributed by atoms with Gasteiger partial charge >= 0.3 is 6.18 Å². The highest BCUT2D eigenvalue weighted by molar-refractivity contribution is 7.20. The summed E-state index contributed by atoms with van der Waals surface area (Å²) in [6, 6.07) is 1.24. The van der Waals surface area contributed by atoms with Crippen LogP contribution in [-0.4, -0.2) is 11.3 Å². The van der Waals surface area contributed by atoms with Crippen molar-refractivity contribution in [2.45, 2.75) is 18.7 Å². The van der Waals surface area contributed by atoms with Gasteiger partial charge in [-0.05, 0) is 6.07 Å². The van der Waals surface area contributed by atoms with E-state index in [2.05, 4.69) is 0 Å². The zero-order valence-corrected chi connectivity index (χ0v) is 8.94. The molecule has 0 radical (unpaired) electrons. The van der Waals surface area contributed by atoms with E-state index in [-0.39, 0.29) is 14.2 Å². The Labute approximate surface area is 92.1 Å². The summed E-state index contributed by atoms with van der Waals surface area (Å²) in [5.41, 5.74) is 0.0268. The average molecular weight is 265 g/mol. The van der Waals surface area contributed by atoms with Crippen LogP contribution in [-0.2, 0) is 0 Å². The summed E-state index contributed by atoms with van der Waals surface area (Å²) in [4.78, 5) is 0. The quantitative estimate of drug-likeness (QED) is 0.855. The van der Waals surface area contributed by atoms with E-state index in [0.29, 0.717) is 0 Å². The number of aliphatic hydroxyl groups excluding tert-OH is 1. The van der Waals surface area contributed by atoms with Crippen LogP contribution in [0.5, 0.6) is 0 Å². The Bertz CT molecular complexity index is 323. The molecular formula is C7H5Cl2F3OS. The van der Waals surface area contributed by atoms with Crippen LogP contribution < -0.4 is 0 Å². The highest BCUT2D eigenvalue weighted by Crippen LogP contribution is 2.38. The van der Waals surface area contributed by atoms with Crippen LogP contribution in [0.2, 0.25) is 8.67 Å². The second-order valence-electron chi connectivity index (χ2n) is 2.61. The third-order valence-electron chi connectivity index (χ3n) is 1.47. The predicted octanol–water partition coefficient (Wildman–Crippen LogP) is 4.04. The molecule has 0 saturated carbocycles. The molecule has 0 saturated heterocycles. The fourth-order valence-electron chi connectivity index (χ4n) is 0.909. The highest BCUT2D eigenvalue weighted by atomic mass is 35.5. The van der Waals surface area contributed by atoms with E-state index in [1.165, 1.54) is 6.07 Å². The van der Waals surface area contributed by atoms with Gasteiger partial charge in [-0.1, -0.05) is 23.2 Å². The molecule has 0 aliphatic heterocycles. The van der Waals surface area contributed by atoms with Gasteiger partial charge in [-0.25, -0.2) is 0 Å². The van der Waals surface area contributed by atoms with Crippen molar-refractivity contribution in [1.82, 2.24) is 0 Å². The highest BCUT2D eigenvalue weighted by Gasteiger charge is 2.33. The lowest BCUT2D eigenvalue weighted by molar-refractivity contribution is -0.154. The summed E-state index contributed by atoms with van der Waals surface area (Å²) >= 11 is 12.0. The topological polar surface area (TPSA) is 20.2 Å². The van der Waals surface area contributed by atoms with Crippen LogP contribution in [0, 0.1) is 0 Å². The van der Waals surface area contributed by atoms with Crippen LogP contribution in [0.25, 0.3) is 0 Å². The number of aliphatic hydroxyl groups is 1. The maximum absolute atomic E-state index is 11.9. The van der Waals surface area contributed by atoms with Gasteiger partial charge in [0.1, 0.15) is 4.34 Å². The smallest absolute Gasteiger partial charge is 0.388 e. The van der Waals surface area contributed by atoms with E-state index in [1.54, 1.807) is 0 Å². The molecule has 1 N–H and O–H groups in total. The molecule has 1 aromatic heterocycles. The molecule has 0 spiro atoms. The summed E-state index contributed by atoms with van der Waals surface area (Å²) in [6.07, 6.45) is -7.39. The maximum Gasteiger partial charge on any atom is 0.391 e. The molecule has 1 heterocycles. The Kier molecular flexibility index (Phi) is 3.69. The third kappa shape index (κ3) is 3.31. The lowest BCUT2D eigenvalue weighted by Crippen LogP contribution is -2.13. The fourth-order valence-corrected chi connectivity index (χ4v) is 2.48. The molecule has 80 valence electrons. The number of alkyl halides is 3. The predicted molar refractivity (Wildman–Crippen MR) is 50.0 cm³/mol. The van der Waals surface area contributed by atoms with E-state index < -0.39 is 18.7 Å². The fraction of sp³-hybridized carbons (Fsp3) is 0.429. The first-order valence-corrected chi connectivity index (χ1v) is 5.06. The second-order valence-corrected chi connectivity index (χ2v) is 4.90. The van der Waals surface area contributed by atoms with Crippen LogP contribution >= 0.6 is 34.5 Å². The minimum absolute atomic E-state index is 0.0268. The molecular weight excluding hydrogens is 260 g/mol. The Morgan fingerprint density at radius 1 is 1.43 bits per heavy atom. The normalized spacial score (nSPS) is 14.4. The molecule has 0 amide bonds. The maximum atomic E-state index is 11.9. The lowest BCUT2D eigenvalue weighted by atomic mass is 10.1. The Morgan fingerprint density at radius 2 is 2.00 bits per heavy atom. The van der Waals surface area contributed by atoms with Gasteiger partial charge in [0, 0.05) is 5.56 Å². The molecule has 1 nitrogen and oxygen atoms in total. The van der Waals surface area contributed by atoms with Crippen LogP contribution in [0.15, 0.2) is 6.07 Å². The molecule has 1 atom stereocenters. The first-order chi connectivity index (χ1) is 6.29. The number of hydrogen-bond donors (Lipinski definition) is 1. The van der Waals surface area contributed by atoms with Gasteiger partial charge < -0.3 is 5.11 Å². The number of rotatable bonds is 2. The summed E-state index contributed by atoms with van der Waals surface area (Å²) in [5, 5.41) is 9.19. The number of hydrogen-bond acceptors (Lipinski definition) is 2. The lowest BCUT2D eigenvalue weighted by Gasteiger charge is -2.11. The van der Waals surface area contributed by atoms with Crippen molar-refractivity contribution in [2.75, 3.05) is 0 Å². The van der Waals surface area contributed by atoms with Crippen LogP contribution in [0.1, 0.15) is 18.1 Å². The van der Waals surface area contributed by atoms with Crippen LogP contribution in [0.3, 0.4) is 0 Å². The molecule has 0 aromatic carbocycles. The summed E-state index contributed by atoms with van der Waals surface area (Å²) in [5.74, 6) is 0. The minimum Gasteiger partial charge on any atom is -0.388 e. The van der Waals surface area contributed by atoms with Crippen molar-refractivity contribution in [3.63, 3.8) is 0 Å². The summed E-state index contributed by atoms with van der Waals surface area (Å²) in [7, 11) is 0. The van der Waals surface area contributed by atoms with Gasteiger partial charge in [-0.3, -0.25) is 0 Å². The zero-order chi connectivity index (χ0) is 10.9. The van der Waals surface area contributed by atoms with Crippen molar-refractivity contribution in [1.29, 1.82) is 0 Å². The van der Waals surface area contributed by atoms with E-state index in [0.717, 1.165) is 11.3 Å². The molecule has 14 heavy (non-hydrogen) atoms. The molecule has 0 aliphatic rings. The largest absolute Gasteiger partial charge is 0.391 e. The molecule has 0 bridgehead atoms. The molecule has 1 aromatic rings. The Morgan fingerprint density at radius 3 is 2.36 bits per heavy atom. The summed E-state index contributed by atoms with van der Waals surface area (Å²) in [6.45, 7) is 0. The third-order valence-corrected chi connectivity index (χ3v) is 2.98. The molecule has 0 aliphatic carbocycles. The SMILES string of the molecule is OC(CC(F)(F)F)c1cc(Cl)sc1Cl. The van der Waals surface area contributed by atoms with Gasteiger partial charge in [-0.15, -0.1) is 11.3 Å². The monoisotopic (exact) mass is 264 g/mol. The van der Waals surface area contributed by atoms with Crippen molar-refractivity contribution in [2.24, 2.45) is 0 Å². The van der Waals surface area contributed by atoms with Crippen molar-refractivity contribution in [3.8, 4) is 0 Å². The van der Waals surface area contributed by atoms with E-state index in [4.69, 9.17) is 23.2 Å². The van der Waals surface area contributed by atoms with Gasteiger partial charge in [0.25, 0.3) is 0 Å². The molecule has 7 heteroatoms. The summed E-state index contributed by atoms with van der Waals surface area (Å²) < 4.78 is 36.0. The zero-order valence-electron chi connectivity index (χ0n) is 6.61. The van der Waals surface area contributed by atoms with Gasteiger partial charge in [0.2, 0.25) is 0 Å². The molecule has 1 rings (SSSR count). The number of thiophene rings is 1. The van der Waals surface area contributed by atoms with Gasteiger partial charge in [0.15, 0.2) is 0 Å². The van der Waals surface area contributed by atoms with Crippen molar-refractivity contribution in [3.05, 3.63) is 20.3 Å². The first-order valence-electron chi connectivity index (χ1n) is 3.49. The number of halogens is 5. The van der Waals surface area contributed by atoms with E-state index in [9.17, 15) is 18.3 Å². The Balaban J connectivity index is 2.79. The standard InChI is InChI=1S/C7H5Cl2F3OS/c8-5-1-3(6(9)14-5)4(13)2-7(10,11)12/h1,4,13H,2H2. The van der Waals surface area contributed by atoms with Crippen molar-refractivity contribution < 1.29 is 18.3 Å². The van der Waals surface area contributed by atoms with E-state index in [1.807, 2.05) is 0 Å². The van der Waals surface area contributed by atoms with Crippen molar-refractivity contribution >= 4 is 34.5 Å². The van der Waals surface area contributed by atoms with Gasteiger partial charge in [0.05, 0.1) is 16.9 Å². The molecule has 1 unspecified atom stereocenters. The van der Waals surface area contributed by atoms with Crippen LogP contribution in [0.4, 0.5) is 13.2 Å². The average Bonchev–Trinajstić information content (AvgIpc) is 2.26. The van der Waals surface area contributed by atoms with E-state index >= 15 is 0 Å². The van der Waals surface area contributed by atoms with Gasteiger partial charge in [-0.2, -0.15) is 13.2 Å². The minimum atomic E-state index is -4.42. The Hall–Kier alpha value is 0.0300. The second kappa shape index (κ2) is 4.26.